The molecule has 0 saturated carbocycles. The summed E-state index contributed by atoms with van der Waals surface area (Å²) in [4.78, 5) is 34.5. The van der Waals surface area contributed by atoms with E-state index in [2.05, 4.69) is 42.2 Å². The van der Waals surface area contributed by atoms with Gasteiger partial charge in [0, 0.05) is 45.5 Å². The van der Waals surface area contributed by atoms with Crippen LogP contribution in [0.15, 0.2) is 29.2 Å². The molecule has 9 nitrogen and oxygen atoms in total. The van der Waals surface area contributed by atoms with Gasteiger partial charge in [-0.2, -0.15) is 13.2 Å². The van der Waals surface area contributed by atoms with E-state index in [1.807, 2.05) is 0 Å². The van der Waals surface area contributed by atoms with Crippen molar-refractivity contribution in [2.75, 3.05) is 31.6 Å². The molecule has 12 heteroatoms. The highest BCUT2D eigenvalue weighted by molar-refractivity contribution is 5.91. The number of alkyl halides is 3. The summed E-state index contributed by atoms with van der Waals surface area (Å²) in [6, 6.07) is 5.21. The third kappa shape index (κ3) is 4.58. The molecule has 0 aliphatic carbocycles. The molecule has 1 atom stereocenters. The highest BCUT2D eigenvalue weighted by Crippen LogP contribution is 2.31. The van der Waals surface area contributed by atoms with E-state index in [4.69, 9.17) is 0 Å². The quantitative estimate of drug-likeness (QED) is 0.595. The number of carbonyl (C=O) groups excluding carboxylic acids is 1. The highest BCUT2D eigenvalue weighted by Gasteiger charge is 2.37. The number of amides is 1. The minimum absolute atomic E-state index is 0.132. The Morgan fingerprint density at radius 2 is 2.03 bits per heavy atom. The van der Waals surface area contributed by atoms with Crippen molar-refractivity contribution in [3.05, 3.63) is 57.1 Å². The Morgan fingerprint density at radius 1 is 1.26 bits per heavy atom. The number of aromatic amines is 1. The lowest BCUT2D eigenvalue weighted by Gasteiger charge is -2.40. The van der Waals surface area contributed by atoms with Crippen LogP contribution in [-0.4, -0.2) is 63.7 Å². The number of pyridine rings is 2. The number of hydrogen-bond donors (Lipinski definition) is 2. The number of H-pyrrole nitrogens is 1. The second-order valence-corrected chi connectivity index (χ2v) is 8.31. The van der Waals surface area contributed by atoms with Crippen molar-refractivity contribution in [2.45, 2.75) is 32.6 Å². The zero-order valence-electron chi connectivity index (χ0n) is 18.9. The predicted octanol–water partition coefficient (Wildman–Crippen LogP) is 2.11. The molecular weight excluding hydrogens is 451 g/mol. The van der Waals surface area contributed by atoms with Crippen molar-refractivity contribution in [1.29, 1.82) is 0 Å². The lowest BCUT2D eigenvalue weighted by atomic mass is 10.1. The molecule has 1 aliphatic heterocycles. The molecule has 1 saturated heterocycles. The van der Waals surface area contributed by atoms with Gasteiger partial charge in [-0.05, 0) is 43.2 Å². The largest absolute Gasteiger partial charge is 0.422 e. The van der Waals surface area contributed by atoms with Gasteiger partial charge in [0.2, 0.25) is 0 Å². The summed E-state index contributed by atoms with van der Waals surface area (Å²) in [7, 11) is 1.53. The molecule has 0 aromatic carbocycles. The third-order valence-corrected chi connectivity index (χ3v) is 6.02. The third-order valence-electron chi connectivity index (χ3n) is 6.02. The van der Waals surface area contributed by atoms with Crippen molar-refractivity contribution in [3.8, 4) is 0 Å². The van der Waals surface area contributed by atoms with Crippen LogP contribution in [0.25, 0.3) is 11.0 Å². The number of nitrogens with zero attached hydrogens (tertiary/aromatic N) is 5. The fraction of sp³-hybridized carbons (Fsp3) is 0.409. The highest BCUT2D eigenvalue weighted by atomic mass is 19.4. The number of carbonyl (C=O) groups is 1. The number of aromatic nitrogens is 4. The summed E-state index contributed by atoms with van der Waals surface area (Å²) in [6.45, 7) is 5.93. The molecule has 0 bridgehead atoms. The second-order valence-electron chi connectivity index (χ2n) is 8.31. The number of fused-ring (bicyclic) bond motifs is 1. The molecule has 1 fully saturated rings. The van der Waals surface area contributed by atoms with Crippen molar-refractivity contribution in [3.63, 3.8) is 0 Å². The Morgan fingerprint density at radius 3 is 2.65 bits per heavy atom. The first-order valence-electron chi connectivity index (χ1n) is 10.7. The first kappa shape index (κ1) is 23.6. The fourth-order valence-electron chi connectivity index (χ4n) is 4.22. The minimum atomic E-state index is -4.74. The zero-order chi connectivity index (χ0) is 24.6. The summed E-state index contributed by atoms with van der Waals surface area (Å²) in [6.07, 6.45) is -3.19. The van der Waals surface area contributed by atoms with Crippen molar-refractivity contribution < 1.29 is 18.0 Å². The van der Waals surface area contributed by atoms with Gasteiger partial charge < -0.3 is 15.2 Å². The number of piperazine rings is 1. The standard InChI is InChI=1S/C22H24F3N7O2/c1-12-10-32(17-5-4-15(29-30-17)20(33)26-3)7-6-31(12)11-14-8-16-19(27-9-14)13(2)18(21(34)28-16)22(23,24)25/h4-5,8-9,12H,6-7,10-11H2,1-3H3,(H,26,33)(H,28,34). The Hall–Kier alpha value is -3.54. The van der Waals surface area contributed by atoms with Gasteiger partial charge in [0.15, 0.2) is 11.5 Å². The SMILES string of the molecule is CNC(=O)c1ccc(N2CCN(Cc3cnc4c(C)c(C(F)(F)F)c(=O)[nH]c4c3)C(C)C2)nn1. The summed E-state index contributed by atoms with van der Waals surface area (Å²) < 4.78 is 39.6. The van der Waals surface area contributed by atoms with Crippen molar-refractivity contribution in [1.82, 2.24) is 30.4 Å². The molecule has 2 N–H and O–H groups in total. The number of nitrogens with one attached hydrogen (secondary N) is 2. The summed E-state index contributed by atoms with van der Waals surface area (Å²) >= 11 is 0. The molecule has 3 aromatic heterocycles. The maximum atomic E-state index is 13.2. The molecule has 1 amide bonds. The molecule has 1 aliphatic rings. The van der Waals surface area contributed by atoms with Crippen molar-refractivity contribution >= 4 is 22.8 Å². The number of hydrogen-bond acceptors (Lipinski definition) is 7. The molecule has 0 radical (unpaired) electrons. The van der Waals surface area contributed by atoms with Gasteiger partial charge >= 0.3 is 6.18 Å². The number of halogens is 3. The number of rotatable bonds is 4. The molecule has 4 rings (SSSR count). The van der Waals surface area contributed by atoms with Crippen LogP contribution >= 0.6 is 0 Å². The van der Waals surface area contributed by atoms with Crippen LogP contribution in [0, 0.1) is 6.92 Å². The summed E-state index contributed by atoms with van der Waals surface area (Å²) in [5, 5.41) is 10.6. The van der Waals surface area contributed by atoms with E-state index in [1.54, 1.807) is 24.4 Å². The average Bonchev–Trinajstić information content (AvgIpc) is 2.79. The molecule has 34 heavy (non-hydrogen) atoms. The van der Waals surface area contributed by atoms with Crippen LogP contribution in [0.4, 0.5) is 19.0 Å². The predicted molar refractivity (Wildman–Crippen MR) is 120 cm³/mol. The molecule has 3 aromatic rings. The first-order valence-corrected chi connectivity index (χ1v) is 10.7. The fourth-order valence-corrected chi connectivity index (χ4v) is 4.22. The van der Waals surface area contributed by atoms with E-state index in [0.29, 0.717) is 32.0 Å². The normalized spacial score (nSPS) is 17.2. The van der Waals surface area contributed by atoms with E-state index in [0.717, 1.165) is 5.56 Å². The van der Waals surface area contributed by atoms with Crippen LogP contribution in [-0.2, 0) is 12.7 Å². The monoisotopic (exact) mass is 475 g/mol. The topological polar surface area (TPSA) is 107 Å². The van der Waals surface area contributed by atoms with Crippen LogP contribution in [0.3, 0.4) is 0 Å². The number of anilines is 1. The first-order chi connectivity index (χ1) is 16.1. The van der Waals surface area contributed by atoms with Crippen LogP contribution in [0.5, 0.6) is 0 Å². The Bertz CT molecular complexity index is 1270. The van der Waals surface area contributed by atoms with E-state index in [9.17, 15) is 22.8 Å². The average molecular weight is 475 g/mol. The van der Waals surface area contributed by atoms with Gasteiger partial charge in [-0.3, -0.25) is 19.5 Å². The van der Waals surface area contributed by atoms with Gasteiger partial charge in [0.25, 0.3) is 11.5 Å². The maximum absolute atomic E-state index is 13.2. The van der Waals surface area contributed by atoms with Gasteiger partial charge in [-0.25, -0.2) is 0 Å². The van der Waals surface area contributed by atoms with Gasteiger partial charge in [0.05, 0.1) is 11.0 Å². The van der Waals surface area contributed by atoms with Gasteiger partial charge in [-0.15, -0.1) is 10.2 Å². The van der Waals surface area contributed by atoms with Gasteiger partial charge in [-0.1, -0.05) is 0 Å². The maximum Gasteiger partial charge on any atom is 0.422 e. The molecular formula is C22H24F3N7O2. The smallest absolute Gasteiger partial charge is 0.354 e. The van der Waals surface area contributed by atoms with Crippen LogP contribution < -0.4 is 15.8 Å². The van der Waals surface area contributed by atoms with E-state index in [1.165, 1.54) is 14.0 Å². The molecule has 1 unspecified atom stereocenters. The molecule has 180 valence electrons. The van der Waals surface area contributed by atoms with Crippen LogP contribution in [0.2, 0.25) is 0 Å². The Balaban J connectivity index is 1.48. The van der Waals surface area contributed by atoms with Crippen LogP contribution in [0.1, 0.15) is 34.1 Å². The van der Waals surface area contributed by atoms with E-state index in [-0.39, 0.29) is 34.2 Å². The second kappa shape index (κ2) is 9.01. The molecule has 0 spiro atoms. The Kier molecular flexibility index (Phi) is 6.26. The molecule has 4 heterocycles. The van der Waals surface area contributed by atoms with Gasteiger partial charge in [0.1, 0.15) is 5.56 Å². The minimum Gasteiger partial charge on any atom is -0.354 e. The Labute approximate surface area is 193 Å². The van der Waals surface area contributed by atoms with Crippen molar-refractivity contribution in [2.24, 2.45) is 0 Å². The van der Waals surface area contributed by atoms with E-state index >= 15 is 0 Å². The lowest BCUT2D eigenvalue weighted by molar-refractivity contribution is -0.139. The number of aryl methyl sites for hydroxylation is 1. The zero-order valence-corrected chi connectivity index (χ0v) is 18.9. The van der Waals surface area contributed by atoms with E-state index < -0.39 is 17.3 Å². The lowest BCUT2D eigenvalue weighted by Crippen LogP contribution is -2.51. The summed E-state index contributed by atoms with van der Waals surface area (Å²) in [5.41, 5.74) is -1.10. The summed E-state index contributed by atoms with van der Waals surface area (Å²) in [5.74, 6) is 0.382.